The fraction of sp³-hybridized carbons (Fsp3) is 0.500. The van der Waals surface area contributed by atoms with Gasteiger partial charge in [0, 0.05) is 12.0 Å². The minimum atomic E-state index is -0.952. The summed E-state index contributed by atoms with van der Waals surface area (Å²) in [5.41, 5.74) is -0.575. The van der Waals surface area contributed by atoms with Gasteiger partial charge in [-0.1, -0.05) is 31.2 Å². The minimum absolute atomic E-state index is 0.245. The number of carboxylic acid groups (broad SMARTS) is 1. The summed E-state index contributed by atoms with van der Waals surface area (Å²) < 4.78 is 5.16. The van der Waals surface area contributed by atoms with Crippen LogP contribution in [0.1, 0.15) is 34.1 Å². The van der Waals surface area contributed by atoms with Crippen molar-refractivity contribution >= 4 is 12.1 Å². The molecule has 0 saturated carbocycles. The molecular weight excluding hydrogens is 270 g/mol. The van der Waals surface area contributed by atoms with Gasteiger partial charge in [-0.05, 0) is 33.3 Å². The topological polar surface area (TPSA) is 75.6 Å². The summed E-state index contributed by atoms with van der Waals surface area (Å²) in [7, 11) is 0. The summed E-state index contributed by atoms with van der Waals surface area (Å²) in [6.45, 7) is 7.86. The van der Waals surface area contributed by atoms with Crippen LogP contribution in [0.3, 0.4) is 0 Å². The van der Waals surface area contributed by atoms with Gasteiger partial charge in [0.15, 0.2) is 0 Å². The molecule has 0 spiro atoms. The number of rotatable bonds is 4. The van der Waals surface area contributed by atoms with E-state index in [1.807, 2.05) is 39.8 Å². The zero-order chi connectivity index (χ0) is 16.1. The largest absolute Gasteiger partial charge is 0.478 e. The van der Waals surface area contributed by atoms with Crippen LogP contribution >= 0.6 is 0 Å². The molecule has 0 aromatic heterocycles. The first-order chi connectivity index (χ1) is 9.61. The summed E-state index contributed by atoms with van der Waals surface area (Å²) in [6.07, 6.45) is 8.86. The Hall–Kier alpha value is -2.04. The predicted octanol–water partition coefficient (Wildman–Crippen LogP) is 3.04. The summed E-state index contributed by atoms with van der Waals surface area (Å²) in [6, 6.07) is 0. The van der Waals surface area contributed by atoms with Crippen molar-refractivity contribution in [1.82, 2.24) is 5.32 Å². The fourth-order valence-corrected chi connectivity index (χ4v) is 1.82. The molecule has 2 N–H and O–H groups in total. The quantitative estimate of drug-likeness (QED) is 0.835. The summed E-state index contributed by atoms with van der Waals surface area (Å²) in [4.78, 5) is 22.5. The van der Waals surface area contributed by atoms with E-state index in [9.17, 15) is 9.59 Å². The zero-order valence-electron chi connectivity index (χ0n) is 13.0. The second kappa shape index (κ2) is 6.61. The van der Waals surface area contributed by atoms with E-state index >= 15 is 0 Å². The molecule has 0 bridgehead atoms. The van der Waals surface area contributed by atoms with Crippen molar-refractivity contribution in [2.24, 2.45) is 5.41 Å². The van der Waals surface area contributed by atoms with Gasteiger partial charge in [-0.15, -0.1) is 0 Å². The second-order valence-electron chi connectivity index (χ2n) is 6.30. The lowest BCUT2D eigenvalue weighted by Gasteiger charge is -2.23. The van der Waals surface area contributed by atoms with Crippen molar-refractivity contribution in [3.05, 3.63) is 36.0 Å². The van der Waals surface area contributed by atoms with Gasteiger partial charge in [-0.25, -0.2) is 9.59 Å². The average molecular weight is 293 g/mol. The molecule has 0 aliphatic heterocycles. The first-order valence-corrected chi connectivity index (χ1v) is 6.90. The SMILES string of the molecule is CC1(CCNC(=O)OC(C)(C)C)C=CC=C(C(=O)O)C=C1. The Morgan fingerprint density at radius 2 is 2.00 bits per heavy atom. The lowest BCUT2D eigenvalue weighted by Crippen LogP contribution is -2.34. The molecule has 0 aromatic carbocycles. The number of carboxylic acids is 1. The fourth-order valence-electron chi connectivity index (χ4n) is 1.82. The smallest absolute Gasteiger partial charge is 0.407 e. The van der Waals surface area contributed by atoms with Gasteiger partial charge < -0.3 is 15.2 Å². The van der Waals surface area contributed by atoms with Crippen LogP contribution in [-0.2, 0) is 9.53 Å². The molecule has 0 fully saturated rings. The zero-order valence-corrected chi connectivity index (χ0v) is 13.0. The highest BCUT2D eigenvalue weighted by Crippen LogP contribution is 2.27. The van der Waals surface area contributed by atoms with Crippen LogP contribution in [0, 0.1) is 5.41 Å². The first-order valence-electron chi connectivity index (χ1n) is 6.90. The van der Waals surface area contributed by atoms with E-state index < -0.39 is 17.7 Å². The van der Waals surface area contributed by atoms with E-state index in [1.165, 1.54) is 0 Å². The number of ether oxygens (including phenoxy) is 1. The van der Waals surface area contributed by atoms with Crippen molar-refractivity contribution in [1.29, 1.82) is 0 Å². The maximum atomic E-state index is 11.6. The highest BCUT2D eigenvalue weighted by Gasteiger charge is 2.21. The predicted molar refractivity (Wildman–Crippen MR) is 81.0 cm³/mol. The Morgan fingerprint density at radius 1 is 1.33 bits per heavy atom. The number of allylic oxidation sites excluding steroid dienone is 4. The van der Waals surface area contributed by atoms with Crippen LogP contribution in [-0.4, -0.2) is 29.3 Å². The molecule has 0 aromatic rings. The Morgan fingerprint density at radius 3 is 2.57 bits per heavy atom. The van der Waals surface area contributed by atoms with Gasteiger partial charge in [0.2, 0.25) is 0 Å². The number of amides is 1. The third-order valence-electron chi connectivity index (χ3n) is 2.98. The number of hydrogen-bond acceptors (Lipinski definition) is 3. The van der Waals surface area contributed by atoms with E-state index in [2.05, 4.69) is 5.32 Å². The molecule has 0 heterocycles. The van der Waals surface area contributed by atoms with Gasteiger partial charge in [-0.3, -0.25) is 0 Å². The van der Waals surface area contributed by atoms with Gasteiger partial charge in [-0.2, -0.15) is 0 Å². The highest BCUT2D eigenvalue weighted by molar-refractivity contribution is 5.90. The van der Waals surface area contributed by atoms with Crippen LogP contribution in [0.15, 0.2) is 36.0 Å². The van der Waals surface area contributed by atoms with Gasteiger partial charge >= 0.3 is 12.1 Å². The van der Waals surface area contributed by atoms with Gasteiger partial charge in [0.05, 0.1) is 5.57 Å². The van der Waals surface area contributed by atoms with E-state index in [1.54, 1.807) is 18.2 Å². The minimum Gasteiger partial charge on any atom is -0.478 e. The summed E-state index contributed by atoms with van der Waals surface area (Å²) in [5, 5.41) is 11.7. The van der Waals surface area contributed by atoms with Gasteiger partial charge in [0.1, 0.15) is 5.60 Å². The molecule has 0 saturated heterocycles. The standard InChI is InChI=1S/C16H23NO4/c1-15(2,3)21-14(20)17-11-10-16(4)8-5-6-12(7-9-16)13(18)19/h5-9H,10-11H2,1-4H3,(H,17,20)(H,18,19). The Bertz CT molecular complexity index is 497. The van der Waals surface area contributed by atoms with Crippen molar-refractivity contribution in [2.45, 2.75) is 39.7 Å². The first kappa shape index (κ1) is 17.0. The maximum absolute atomic E-state index is 11.6. The molecule has 1 aliphatic rings. The van der Waals surface area contributed by atoms with Crippen molar-refractivity contribution in [2.75, 3.05) is 6.54 Å². The van der Waals surface area contributed by atoms with Crippen LogP contribution < -0.4 is 5.32 Å². The number of alkyl carbamates (subject to hydrolysis) is 1. The summed E-state index contributed by atoms with van der Waals surface area (Å²) >= 11 is 0. The molecular formula is C16H23NO4. The maximum Gasteiger partial charge on any atom is 0.407 e. The molecule has 21 heavy (non-hydrogen) atoms. The number of hydrogen-bond donors (Lipinski definition) is 2. The van der Waals surface area contributed by atoms with Gasteiger partial charge in [0.25, 0.3) is 0 Å². The van der Waals surface area contributed by atoms with E-state index in [-0.39, 0.29) is 11.0 Å². The highest BCUT2D eigenvalue weighted by atomic mass is 16.6. The normalized spacial score (nSPS) is 21.4. The molecule has 1 amide bonds. The lowest BCUT2D eigenvalue weighted by molar-refractivity contribution is -0.132. The van der Waals surface area contributed by atoms with E-state index in [4.69, 9.17) is 9.84 Å². The van der Waals surface area contributed by atoms with Crippen molar-refractivity contribution < 1.29 is 19.4 Å². The number of carbonyl (C=O) groups is 2. The Balaban J connectivity index is 2.51. The molecule has 1 atom stereocenters. The third kappa shape index (κ3) is 6.29. The molecule has 0 radical (unpaired) electrons. The van der Waals surface area contributed by atoms with Crippen LogP contribution in [0.5, 0.6) is 0 Å². The monoisotopic (exact) mass is 293 g/mol. The van der Waals surface area contributed by atoms with E-state index in [0.717, 1.165) is 0 Å². The number of aliphatic carboxylic acids is 1. The molecule has 5 heteroatoms. The molecule has 116 valence electrons. The molecule has 1 unspecified atom stereocenters. The molecule has 5 nitrogen and oxygen atoms in total. The lowest BCUT2D eigenvalue weighted by atomic mass is 9.86. The van der Waals surface area contributed by atoms with Crippen molar-refractivity contribution in [3.63, 3.8) is 0 Å². The van der Waals surface area contributed by atoms with E-state index in [0.29, 0.717) is 13.0 Å². The van der Waals surface area contributed by atoms with Crippen LogP contribution in [0.25, 0.3) is 0 Å². The summed E-state index contributed by atoms with van der Waals surface area (Å²) in [5.74, 6) is -0.952. The second-order valence-corrected chi connectivity index (χ2v) is 6.30. The molecule has 1 aliphatic carbocycles. The third-order valence-corrected chi connectivity index (χ3v) is 2.98. The molecule has 1 rings (SSSR count). The Labute approximate surface area is 125 Å². The Kier molecular flexibility index (Phi) is 5.35. The average Bonchev–Trinajstić information content (AvgIpc) is 2.49. The van der Waals surface area contributed by atoms with Crippen LogP contribution in [0.2, 0.25) is 0 Å². The van der Waals surface area contributed by atoms with Crippen molar-refractivity contribution in [3.8, 4) is 0 Å². The number of carbonyl (C=O) groups excluding carboxylic acids is 1. The van der Waals surface area contributed by atoms with Crippen LogP contribution in [0.4, 0.5) is 4.79 Å². The number of nitrogens with one attached hydrogen (secondary N) is 1.